The van der Waals surface area contributed by atoms with Crippen LogP contribution in [0.3, 0.4) is 0 Å². The minimum atomic E-state index is -4.80. The maximum absolute atomic E-state index is 14.4. The van der Waals surface area contributed by atoms with Crippen molar-refractivity contribution in [1.82, 2.24) is 9.99 Å². The SMILES string of the molecule is CN(c1nc(C(F)(F)F)ccc1Cl)N1C(=O)C2CC=C3C(CC4C(=O)N(c5ccccc5)C(=O)C4(C)C3c3ccc(O)cc3Cl)C2C1=O. The van der Waals surface area contributed by atoms with E-state index in [4.69, 9.17) is 23.2 Å². The zero-order valence-electron chi connectivity index (χ0n) is 25.4. The number of aromatic hydroxyl groups is 1. The number of alkyl halides is 3. The van der Waals surface area contributed by atoms with Crippen LogP contribution in [0.4, 0.5) is 24.7 Å². The molecule has 0 spiro atoms. The number of fused-ring (bicyclic) bond motifs is 4. The van der Waals surface area contributed by atoms with Crippen molar-refractivity contribution in [2.45, 2.75) is 31.9 Å². The fourth-order valence-electron chi connectivity index (χ4n) is 8.12. The van der Waals surface area contributed by atoms with Gasteiger partial charge in [0.1, 0.15) is 11.4 Å². The number of aromatic nitrogens is 1. The molecule has 1 N–H and O–H groups in total. The van der Waals surface area contributed by atoms with Gasteiger partial charge in [-0.05, 0) is 67.6 Å². The molecule has 0 bridgehead atoms. The molecule has 9 nitrogen and oxygen atoms in total. The third-order valence-electron chi connectivity index (χ3n) is 10.3. The zero-order valence-corrected chi connectivity index (χ0v) is 26.9. The van der Waals surface area contributed by atoms with Gasteiger partial charge in [-0.1, -0.05) is 59.1 Å². The van der Waals surface area contributed by atoms with Crippen molar-refractivity contribution < 1.29 is 37.5 Å². The van der Waals surface area contributed by atoms with Gasteiger partial charge in [0, 0.05) is 18.0 Å². The lowest BCUT2D eigenvalue weighted by molar-refractivity contribution is -0.141. The lowest BCUT2D eigenvalue weighted by Gasteiger charge is -2.49. The van der Waals surface area contributed by atoms with Gasteiger partial charge in [-0.25, -0.2) is 9.88 Å². The largest absolute Gasteiger partial charge is 0.508 e. The molecule has 2 aliphatic heterocycles. The number of benzene rings is 2. The van der Waals surface area contributed by atoms with Crippen LogP contribution in [0.25, 0.3) is 0 Å². The number of halogens is 5. The molecule has 3 fully saturated rings. The molecule has 4 aliphatic rings. The number of hydrazine groups is 1. The Morgan fingerprint density at radius 2 is 1.65 bits per heavy atom. The summed E-state index contributed by atoms with van der Waals surface area (Å²) in [5, 5.41) is 11.8. The Morgan fingerprint density at radius 1 is 0.938 bits per heavy atom. The molecule has 2 aromatic carbocycles. The van der Waals surface area contributed by atoms with Crippen molar-refractivity contribution in [1.29, 1.82) is 0 Å². The number of phenols is 1. The van der Waals surface area contributed by atoms with E-state index in [0.29, 0.717) is 22.9 Å². The van der Waals surface area contributed by atoms with Crippen LogP contribution in [0, 0.1) is 29.1 Å². The molecule has 48 heavy (non-hydrogen) atoms. The van der Waals surface area contributed by atoms with E-state index in [2.05, 4.69) is 4.98 Å². The first kappa shape index (κ1) is 32.1. The lowest BCUT2D eigenvalue weighted by Crippen LogP contribution is -2.49. The average Bonchev–Trinajstić information content (AvgIpc) is 3.40. The standard InChI is InChI=1S/C34H27Cl2F3N4O5/c1-33-22(30(46)42(32(33)48)16-6-4-3-5-7-16)15-21-18(27(33)19-9-8-17(44)14-24(19)36)10-11-20-26(21)31(47)43(29(20)45)41(2)28-23(35)12-13-25(40-28)34(37,38)39/h3-10,12-14,20-22,26-27,44H,11,15H2,1-2H3. The van der Waals surface area contributed by atoms with E-state index >= 15 is 0 Å². The van der Waals surface area contributed by atoms with Gasteiger partial charge < -0.3 is 5.11 Å². The maximum Gasteiger partial charge on any atom is 0.433 e. The van der Waals surface area contributed by atoms with Crippen molar-refractivity contribution in [3.05, 3.63) is 93.6 Å². The number of phenolic OH excluding ortho intramolecular Hbond substituents is 1. The molecule has 1 aromatic heterocycles. The summed E-state index contributed by atoms with van der Waals surface area (Å²) in [6.45, 7) is 1.71. The van der Waals surface area contributed by atoms with Crippen molar-refractivity contribution >= 4 is 58.3 Å². The summed E-state index contributed by atoms with van der Waals surface area (Å²) in [7, 11) is 1.24. The molecule has 3 heterocycles. The highest BCUT2D eigenvalue weighted by Crippen LogP contribution is 2.64. The number of carbonyl (C=O) groups excluding carboxylic acids is 4. The summed E-state index contributed by atoms with van der Waals surface area (Å²) in [5.41, 5.74) is -1.08. The van der Waals surface area contributed by atoms with Crippen LogP contribution in [0.15, 0.2) is 72.3 Å². The number of anilines is 2. The van der Waals surface area contributed by atoms with Gasteiger partial charge in [0.2, 0.25) is 11.8 Å². The Bertz CT molecular complexity index is 1940. The smallest absolute Gasteiger partial charge is 0.433 e. The molecule has 4 amide bonds. The number of imide groups is 2. The average molecular weight is 700 g/mol. The summed E-state index contributed by atoms with van der Waals surface area (Å²) in [4.78, 5) is 61.6. The zero-order chi connectivity index (χ0) is 34.4. The van der Waals surface area contributed by atoms with Crippen molar-refractivity contribution in [2.75, 3.05) is 17.0 Å². The second kappa shape index (κ2) is 11.1. The fourth-order valence-corrected chi connectivity index (χ4v) is 8.63. The number of amides is 4. The van der Waals surface area contributed by atoms with Crippen LogP contribution >= 0.6 is 23.2 Å². The molecule has 7 rings (SSSR count). The number of para-hydroxylation sites is 1. The summed E-state index contributed by atoms with van der Waals surface area (Å²) in [6.07, 6.45) is -2.84. The Hall–Kier alpha value is -4.42. The number of allylic oxidation sites excluding steroid dienone is 2. The van der Waals surface area contributed by atoms with Crippen LogP contribution in [-0.4, -0.2) is 45.8 Å². The second-order valence-corrected chi connectivity index (χ2v) is 13.5. The molecule has 14 heteroatoms. The Balaban J connectivity index is 1.33. The van der Waals surface area contributed by atoms with E-state index in [1.165, 1.54) is 19.2 Å². The van der Waals surface area contributed by atoms with Crippen LogP contribution < -0.4 is 9.91 Å². The number of hydrogen-bond donors (Lipinski definition) is 1. The summed E-state index contributed by atoms with van der Waals surface area (Å²) in [6, 6.07) is 14.5. The topological polar surface area (TPSA) is 111 Å². The summed E-state index contributed by atoms with van der Waals surface area (Å²) >= 11 is 12.9. The van der Waals surface area contributed by atoms with Gasteiger partial charge in [-0.3, -0.25) is 24.2 Å². The first-order chi connectivity index (χ1) is 22.7. The first-order valence-electron chi connectivity index (χ1n) is 15.1. The number of hydrogen-bond acceptors (Lipinski definition) is 7. The molecule has 0 radical (unpaired) electrons. The predicted octanol–water partition coefficient (Wildman–Crippen LogP) is 6.39. The van der Waals surface area contributed by atoms with E-state index in [-0.39, 0.29) is 28.6 Å². The first-order valence-corrected chi connectivity index (χ1v) is 15.9. The van der Waals surface area contributed by atoms with Gasteiger partial charge in [0.05, 0.1) is 33.9 Å². The van der Waals surface area contributed by atoms with Crippen LogP contribution in [0.1, 0.15) is 36.9 Å². The van der Waals surface area contributed by atoms with Crippen molar-refractivity contribution in [3.63, 3.8) is 0 Å². The summed E-state index contributed by atoms with van der Waals surface area (Å²) in [5.74, 6) is -7.10. The van der Waals surface area contributed by atoms with Crippen LogP contribution in [-0.2, 0) is 25.4 Å². The second-order valence-electron chi connectivity index (χ2n) is 12.7. The van der Waals surface area contributed by atoms with Gasteiger partial charge in [-0.15, -0.1) is 0 Å². The quantitative estimate of drug-likeness (QED) is 0.248. The number of rotatable bonds is 4. The fraction of sp³-hybridized carbons (Fsp3) is 0.324. The highest BCUT2D eigenvalue weighted by atomic mass is 35.5. The van der Waals surface area contributed by atoms with Crippen molar-refractivity contribution in [2.24, 2.45) is 29.1 Å². The van der Waals surface area contributed by atoms with E-state index in [1.807, 2.05) is 6.08 Å². The van der Waals surface area contributed by atoms with E-state index in [9.17, 15) is 37.5 Å². The van der Waals surface area contributed by atoms with Gasteiger partial charge in [-0.2, -0.15) is 18.2 Å². The maximum atomic E-state index is 14.4. The molecule has 6 unspecified atom stereocenters. The number of carbonyl (C=O) groups is 4. The van der Waals surface area contributed by atoms with Gasteiger partial charge in [0.25, 0.3) is 11.8 Å². The Morgan fingerprint density at radius 3 is 2.31 bits per heavy atom. The molecular weight excluding hydrogens is 672 g/mol. The third kappa shape index (κ3) is 4.56. The van der Waals surface area contributed by atoms with Gasteiger partial charge >= 0.3 is 6.18 Å². The molecular formula is C34H27Cl2F3N4O5. The number of pyridine rings is 1. The van der Waals surface area contributed by atoms with E-state index in [0.717, 1.165) is 21.0 Å². The van der Waals surface area contributed by atoms with E-state index < -0.39 is 76.3 Å². The predicted molar refractivity (Wildman–Crippen MR) is 169 cm³/mol. The van der Waals surface area contributed by atoms with E-state index in [1.54, 1.807) is 43.3 Å². The Kier molecular flexibility index (Phi) is 7.41. The molecule has 6 atom stereocenters. The highest BCUT2D eigenvalue weighted by Gasteiger charge is 2.68. The third-order valence-corrected chi connectivity index (χ3v) is 10.9. The molecule has 248 valence electrons. The minimum Gasteiger partial charge on any atom is -0.508 e. The molecule has 3 aromatic rings. The summed E-state index contributed by atoms with van der Waals surface area (Å²) < 4.78 is 40.6. The van der Waals surface area contributed by atoms with Crippen LogP contribution in [0.2, 0.25) is 10.0 Å². The number of nitrogens with zero attached hydrogens (tertiary/aromatic N) is 4. The highest BCUT2D eigenvalue weighted by molar-refractivity contribution is 6.33. The molecule has 1 saturated carbocycles. The monoisotopic (exact) mass is 698 g/mol. The molecule has 2 saturated heterocycles. The van der Waals surface area contributed by atoms with Gasteiger partial charge in [0.15, 0.2) is 5.82 Å². The molecule has 2 aliphatic carbocycles. The minimum absolute atomic E-state index is 0.0583. The Labute approximate surface area is 282 Å². The van der Waals surface area contributed by atoms with Crippen LogP contribution in [0.5, 0.6) is 5.75 Å². The van der Waals surface area contributed by atoms with Crippen molar-refractivity contribution in [3.8, 4) is 5.75 Å². The normalized spacial score (nSPS) is 28.3. The lowest BCUT2D eigenvalue weighted by atomic mass is 9.51.